The van der Waals surface area contributed by atoms with Gasteiger partial charge in [0, 0.05) is 12.2 Å². The van der Waals surface area contributed by atoms with Gasteiger partial charge in [-0.05, 0) is 24.1 Å². The van der Waals surface area contributed by atoms with Crippen LogP contribution in [0.2, 0.25) is 0 Å². The predicted octanol–water partition coefficient (Wildman–Crippen LogP) is 2.55. The largest absolute Gasteiger partial charge is 0.399 e. The summed E-state index contributed by atoms with van der Waals surface area (Å²) in [6, 6.07) is 5.73. The third-order valence-electron chi connectivity index (χ3n) is 3.59. The molecule has 0 aliphatic rings. The van der Waals surface area contributed by atoms with Crippen LogP contribution < -0.4 is 5.73 Å². The zero-order chi connectivity index (χ0) is 13.1. The molecule has 0 bridgehead atoms. The highest BCUT2D eigenvalue weighted by molar-refractivity contribution is 5.79. The normalized spacial score (nSPS) is 11.6. The highest BCUT2D eigenvalue weighted by atomic mass is 16.3. The minimum absolute atomic E-state index is 0.0330. The maximum atomic E-state index is 9.43. The fourth-order valence-electron chi connectivity index (χ4n) is 2.33. The van der Waals surface area contributed by atoms with E-state index in [1.807, 2.05) is 18.2 Å². The van der Waals surface area contributed by atoms with Gasteiger partial charge in [0.05, 0.1) is 11.0 Å². The van der Waals surface area contributed by atoms with Gasteiger partial charge < -0.3 is 15.4 Å². The van der Waals surface area contributed by atoms with E-state index in [0.717, 1.165) is 36.2 Å². The fourth-order valence-corrected chi connectivity index (χ4v) is 2.33. The molecule has 1 aromatic carbocycles. The minimum atomic E-state index is -0.0330. The number of aliphatic hydroxyl groups is 1. The molecule has 0 radical (unpaired) electrons. The summed E-state index contributed by atoms with van der Waals surface area (Å²) in [6.07, 6.45) is 2.27. The van der Waals surface area contributed by atoms with Crippen molar-refractivity contribution < 1.29 is 5.11 Å². The molecule has 0 atom stereocenters. The molecule has 1 aromatic heterocycles. The van der Waals surface area contributed by atoms with Crippen molar-refractivity contribution in [3.63, 3.8) is 0 Å². The Labute approximate surface area is 107 Å². The predicted molar refractivity (Wildman–Crippen MR) is 74.1 cm³/mol. The number of nitrogen functional groups attached to an aromatic ring is 1. The van der Waals surface area contributed by atoms with Crippen LogP contribution in [0.15, 0.2) is 18.2 Å². The Kier molecular flexibility index (Phi) is 3.87. The number of anilines is 1. The first-order valence-electron chi connectivity index (χ1n) is 6.55. The number of aliphatic hydroxyl groups excluding tert-OH is 1. The van der Waals surface area contributed by atoms with Gasteiger partial charge in [0.15, 0.2) is 0 Å². The van der Waals surface area contributed by atoms with Crippen molar-refractivity contribution in [3.05, 3.63) is 24.0 Å². The van der Waals surface area contributed by atoms with Crippen LogP contribution in [0.25, 0.3) is 11.0 Å². The van der Waals surface area contributed by atoms with Crippen LogP contribution in [0.3, 0.4) is 0 Å². The Hall–Kier alpha value is -1.55. The van der Waals surface area contributed by atoms with Gasteiger partial charge in [0.2, 0.25) is 0 Å². The topological polar surface area (TPSA) is 64.1 Å². The van der Waals surface area contributed by atoms with E-state index in [2.05, 4.69) is 23.4 Å². The number of fused-ring (bicyclic) bond motifs is 1. The summed E-state index contributed by atoms with van der Waals surface area (Å²) in [5, 5.41) is 9.43. The number of benzene rings is 1. The van der Waals surface area contributed by atoms with E-state index in [1.165, 1.54) is 0 Å². The molecule has 3 N–H and O–H groups in total. The lowest BCUT2D eigenvalue weighted by atomic mass is 10.0. The van der Waals surface area contributed by atoms with Crippen molar-refractivity contribution in [1.29, 1.82) is 0 Å². The van der Waals surface area contributed by atoms with Crippen LogP contribution in [-0.2, 0) is 13.2 Å². The van der Waals surface area contributed by atoms with E-state index < -0.39 is 0 Å². The first kappa shape index (κ1) is 12.9. The fraction of sp³-hybridized carbons (Fsp3) is 0.500. The van der Waals surface area contributed by atoms with Gasteiger partial charge >= 0.3 is 0 Å². The average Bonchev–Trinajstić information content (AvgIpc) is 2.72. The average molecular weight is 247 g/mol. The molecule has 0 saturated heterocycles. The molecule has 0 aliphatic carbocycles. The Morgan fingerprint density at radius 1 is 1.33 bits per heavy atom. The minimum Gasteiger partial charge on any atom is -0.399 e. The Bertz CT molecular complexity index is 529. The second-order valence-electron chi connectivity index (χ2n) is 4.73. The van der Waals surface area contributed by atoms with Gasteiger partial charge in [-0.15, -0.1) is 0 Å². The van der Waals surface area contributed by atoms with E-state index in [0.29, 0.717) is 11.6 Å². The number of hydrogen-bond acceptors (Lipinski definition) is 3. The highest BCUT2D eigenvalue weighted by Gasteiger charge is 2.13. The molecule has 0 amide bonds. The smallest absolute Gasteiger partial charge is 0.135 e. The first-order valence-corrected chi connectivity index (χ1v) is 6.55. The Morgan fingerprint density at radius 2 is 2.06 bits per heavy atom. The van der Waals surface area contributed by atoms with Gasteiger partial charge in [-0.2, -0.15) is 0 Å². The zero-order valence-corrected chi connectivity index (χ0v) is 11.1. The van der Waals surface area contributed by atoms with Gasteiger partial charge in [-0.25, -0.2) is 4.98 Å². The molecule has 2 aromatic rings. The molecule has 98 valence electrons. The van der Waals surface area contributed by atoms with Crippen molar-refractivity contribution in [3.8, 4) is 0 Å². The molecule has 1 heterocycles. The number of imidazole rings is 1. The molecule has 0 saturated carbocycles. The van der Waals surface area contributed by atoms with Crippen LogP contribution in [0, 0.1) is 5.92 Å². The van der Waals surface area contributed by atoms with E-state index >= 15 is 0 Å². The third-order valence-corrected chi connectivity index (χ3v) is 3.59. The van der Waals surface area contributed by atoms with E-state index in [1.54, 1.807) is 0 Å². The maximum Gasteiger partial charge on any atom is 0.135 e. The van der Waals surface area contributed by atoms with Crippen LogP contribution in [0.4, 0.5) is 5.69 Å². The van der Waals surface area contributed by atoms with Gasteiger partial charge in [-0.1, -0.05) is 26.7 Å². The van der Waals surface area contributed by atoms with Crippen LogP contribution in [0.1, 0.15) is 32.5 Å². The summed E-state index contributed by atoms with van der Waals surface area (Å²) in [4.78, 5) is 4.45. The second kappa shape index (κ2) is 5.40. The summed E-state index contributed by atoms with van der Waals surface area (Å²) in [7, 11) is 0. The molecule has 4 nitrogen and oxygen atoms in total. The van der Waals surface area contributed by atoms with Gasteiger partial charge in [0.1, 0.15) is 12.4 Å². The highest BCUT2D eigenvalue weighted by Crippen LogP contribution is 2.22. The Morgan fingerprint density at radius 3 is 2.67 bits per heavy atom. The summed E-state index contributed by atoms with van der Waals surface area (Å²) < 4.78 is 2.12. The first-order chi connectivity index (χ1) is 8.69. The molecule has 0 fully saturated rings. The monoisotopic (exact) mass is 247 g/mol. The zero-order valence-electron chi connectivity index (χ0n) is 11.1. The molecule has 0 aliphatic heterocycles. The van der Waals surface area contributed by atoms with Crippen molar-refractivity contribution in [1.82, 2.24) is 9.55 Å². The number of rotatable bonds is 5. The van der Waals surface area contributed by atoms with Gasteiger partial charge in [-0.3, -0.25) is 0 Å². The molecule has 18 heavy (non-hydrogen) atoms. The standard InChI is InChI=1S/C14H21N3O/c1-3-10(4-2)8-17-13-6-5-11(15)7-12(13)16-14(17)9-18/h5-7,10,18H,3-4,8-9,15H2,1-2H3. The lowest BCUT2D eigenvalue weighted by Gasteiger charge is -2.15. The molecular weight excluding hydrogens is 226 g/mol. The maximum absolute atomic E-state index is 9.43. The van der Waals surface area contributed by atoms with E-state index in [-0.39, 0.29) is 6.61 Å². The summed E-state index contributed by atoms with van der Waals surface area (Å²) in [6.45, 7) is 5.27. The van der Waals surface area contributed by atoms with Crippen molar-refractivity contribution in [2.24, 2.45) is 5.92 Å². The van der Waals surface area contributed by atoms with E-state index in [9.17, 15) is 5.11 Å². The summed E-state index contributed by atoms with van der Waals surface area (Å²) >= 11 is 0. The van der Waals surface area contributed by atoms with Gasteiger partial charge in [0.25, 0.3) is 0 Å². The molecule has 2 rings (SSSR count). The van der Waals surface area contributed by atoms with Crippen molar-refractivity contribution in [2.75, 3.05) is 5.73 Å². The number of hydrogen-bond donors (Lipinski definition) is 2. The molecule has 4 heteroatoms. The second-order valence-corrected chi connectivity index (χ2v) is 4.73. The molecule has 0 unspecified atom stereocenters. The van der Waals surface area contributed by atoms with Crippen molar-refractivity contribution >= 4 is 16.7 Å². The van der Waals surface area contributed by atoms with Crippen LogP contribution in [-0.4, -0.2) is 14.7 Å². The summed E-state index contributed by atoms with van der Waals surface area (Å²) in [5.41, 5.74) is 8.40. The molecular formula is C14H21N3O. The van der Waals surface area contributed by atoms with Crippen LogP contribution in [0.5, 0.6) is 0 Å². The molecule has 0 spiro atoms. The van der Waals surface area contributed by atoms with Crippen molar-refractivity contribution in [2.45, 2.75) is 39.8 Å². The lowest BCUT2D eigenvalue weighted by Crippen LogP contribution is -2.12. The quantitative estimate of drug-likeness (QED) is 0.798. The van der Waals surface area contributed by atoms with Crippen LogP contribution >= 0.6 is 0 Å². The number of nitrogens with zero attached hydrogens (tertiary/aromatic N) is 2. The lowest BCUT2D eigenvalue weighted by molar-refractivity contribution is 0.261. The third kappa shape index (κ3) is 2.34. The number of aromatic nitrogens is 2. The SMILES string of the molecule is CCC(CC)Cn1c(CO)nc2cc(N)ccc21. The summed E-state index contributed by atoms with van der Waals surface area (Å²) in [5.74, 6) is 1.34. The number of nitrogens with two attached hydrogens (primary N) is 1. The van der Waals surface area contributed by atoms with E-state index in [4.69, 9.17) is 5.73 Å². The Balaban J connectivity index is 2.46.